The summed E-state index contributed by atoms with van der Waals surface area (Å²) in [5.74, 6) is -0.835. The number of carbonyl (C=O) groups is 1. The molecule has 13 heteroatoms. The third-order valence-corrected chi connectivity index (χ3v) is 12.0. The van der Waals surface area contributed by atoms with Crippen LogP contribution < -0.4 is 0 Å². The normalized spacial score (nSPS) is 13.5. The van der Waals surface area contributed by atoms with Gasteiger partial charge in [-0.3, -0.25) is 5.41 Å². The Bertz CT molecular complexity index is 1580. The molecule has 0 radical (unpaired) electrons. The highest BCUT2D eigenvalue weighted by Crippen LogP contribution is 2.40. The molecule has 0 saturated heterocycles. The standard InChI is InChI=1S/C24H25BrN2O6S4/c1-24(2,3)33-22(28)15-8-6-11-18(12-15)37(30,31)27-36(29,17-10-7-9-16(25)13-17)20-14-19(21(26)32-4)35-23(20)34-5/h6-14,26H,1-5H3. The molecule has 1 atom stereocenters. The molecule has 0 aliphatic heterocycles. The fourth-order valence-corrected chi connectivity index (χ4v) is 10.3. The van der Waals surface area contributed by atoms with Gasteiger partial charge in [-0.2, -0.15) is 8.42 Å². The van der Waals surface area contributed by atoms with Crippen LogP contribution in [0.15, 0.2) is 81.7 Å². The molecule has 3 rings (SSSR count). The summed E-state index contributed by atoms with van der Waals surface area (Å²) in [7, 11) is -6.96. The van der Waals surface area contributed by atoms with Gasteiger partial charge >= 0.3 is 5.97 Å². The summed E-state index contributed by atoms with van der Waals surface area (Å²) in [6, 6.07) is 13.2. The summed E-state index contributed by atoms with van der Waals surface area (Å²) in [5.41, 5.74) is -0.747. The van der Waals surface area contributed by atoms with Gasteiger partial charge in [-0.15, -0.1) is 23.1 Å². The summed E-state index contributed by atoms with van der Waals surface area (Å²) in [5, 5.41) is 8.03. The maximum atomic E-state index is 14.7. The Balaban J connectivity index is 2.28. The van der Waals surface area contributed by atoms with Crippen molar-refractivity contribution < 1.29 is 26.9 Å². The number of nitrogens with one attached hydrogen (secondary N) is 1. The van der Waals surface area contributed by atoms with E-state index in [1.165, 1.54) is 49.2 Å². The van der Waals surface area contributed by atoms with Gasteiger partial charge in [0.1, 0.15) is 15.3 Å². The van der Waals surface area contributed by atoms with Crippen LogP contribution in [0.5, 0.6) is 0 Å². The first-order valence-electron chi connectivity index (χ1n) is 10.6. The lowest BCUT2D eigenvalue weighted by atomic mass is 10.2. The average Bonchev–Trinajstić information content (AvgIpc) is 3.27. The maximum Gasteiger partial charge on any atom is 0.338 e. The van der Waals surface area contributed by atoms with Crippen LogP contribution >= 0.6 is 39.0 Å². The molecular formula is C24H25BrN2O6S4. The van der Waals surface area contributed by atoms with Gasteiger partial charge in [-0.05, 0) is 69.5 Å². The van der Waals surface area contributed by atoms with Gasteiger partial charge in [0.2, 0.25) is 5.90 Å². The molecule has 0 amide bonds. The van der Waals surface area contributed by atoms with Crippen LogP contribution in [0.25, 0.3) is 0 Å². The van der Waals surface area contributed by atoms with E-state index in [9.17, 15) is 17.4 Å². The second-order valence-electron chi connectivity index (χ2n) is 8.56. The topological polar surface area (TPSA) is 123 Å². The highest BCUT2D eigenvalue weighted by molar-refractivity contribution is 9.10. The van der Waals surface area contributed by atoms with Crippen LogP contribution in [-0.4, -0.2) is 43.5 Å². The molecule has 3 aromatic rings. The van der Waals surface area contributed by atoms with E-state index >= 15 is 0 Å². The lowest BCUT2D eigenvalue weighted by molar-refractivity contribution is 0.00692. The lowest BCUT2D eigenvalue weighted by Crippen LogP contribution is -2.24. The number of esters is 1. The molecule has 1 aromatic heterocycles. The first kappa shape index (κ1) is 29.4. The summed E-state index contributed by atoms with van der Waals surface area (Å²) in [6.45, 7) is 5.11. The Labute approximate surface area is 233 Å². The van der Waals surface area contributed by atoms with Gasteiger partial charge in [0.05, 0.1) is 36.4 Å². The van der Waals surface area contributed by atoms with Crippen molar-refractivity contribution in [2.45, 2.75) is 45.3 Å². The Morgan fingerprint density at radius 2 is 1.70 bits per heavy atom. The molecule has 0 aliphatic carbocycles. The van der Waals surface area contributed by atoms with Crippen molar-refractivity contribution in [2.75, 3.05) is 13.4 Å². The molecule has 0 fully saturated rings. The van der Waals surface area contributed by atoms with Gasteiger partial charge in [0, 0.05) is 4.47 Å². The van der Waals surface area contributed by atoms with Crippen LogP contribution in [0.3, 0.4) is 0 Å². The number of benzene rings is 2. The predicted molar refractivity (Wildman–Crippen MR) is 150 cm³/mol. The molecule has 1 unspecified atom stereocenters. The van der Waals surface area contributed by atoms with Gasteiger partial charge in [-0.25, -0.2) is 9.00 Å². The number of thiophene rings is 1. The highest BCUT2D eigenvalue weighted by atomic mass is 79.9. The fraction of sp³-hybridized carbons (Fsp3) is 0.250. The SMILES string of the molecule is COC(=N)c1cc(S(=O)(=NS(=O)(=O)c2cccc(C(=O)OC(C)(C)C)c2)c2cccc(Br)c2)c(SC)s1. The molecule has 8 nitrogen and oxygen atoms in total. The van der Waals surface area contributed by atoms with Crippen molar-refractivity contribution >= 4 is 70.6 Å². The first-order chi connectivity index (χ1) is 17.2. The van der Waals surface area contributed by atoms with Crippen molar-refractivity contribution in [1.29, 1.82) is 5.41 Å². The molecule has 1 N–H and O–H groups in total. The van der Waals surface area contributed by atoms with Crippen molar-refractivity contribution in [1.82, 2.24) is 0 Å². The number of carbonyl (C=O) groups excluding carboxylic acids is 1. The second-order valence-corrected chi connectivity index (χ2v) is 15.6. The minimum atomic E-state index is -4.53. The molecular weight excluding hydrogens is 620 g/mol. The summed E-state index contributed by atoms with van der Waals surface area (Å²) < 4.78 is 57.2. The quantitative estimate of drug-likeness (QED) is 0.136. The van der Waals surface area contributed by atoms with E-state index in [0.29, 0.717) is 13.6 Å². The van der Waals surface area contributed by atoms with Crippen LogP contribution in [-0.2, 0) is 29.2 Å². The van der Waals surface area contributed by atoms with Crippen LogP contribution in [0, 0.1) is 5.41 Å². The van der Waals surface area contributed by atoms with Crippen molar-refractivity contribution in [3.05, 3.63) is 69.5 Å². The number of hydrogen-bond donors (Lipinski definition) is 1. The van der Waals surface area contributed by atoms with E-state index in [2.05, 4.69) is 19.7 Å². The maximum absolute atomic E-state index is 14.7. The summed E-state index contributed by atoms with van der Waals surface area (Å²) >= 11 is 5.77. The second kappa shape index (κ2) is 11.3. The summed E-state index contributed by atoms with van der Waals surface area (Å²) in [4.78, 5) is 12.9. The first-order valence-corrected chi connectivity index (χ1v) is 16.4. The minimum Gasteiger partial charge on any atom is -0.480 e. The highest BCUT2D eigenvalue weighted by Gasteiger charge is 2.29. The molecule has 2 aromatic carbocycles. The fourth-order valence-electron chi connectivity index (χ4n) is 3.06. The van der Waals surface area contributed by atoms with E-state index in [-0.39, 0.29) is 26.1 Å². The Morgan fingerprint density at radius 1 is 1.05 bits per heavy atom. The number of sulfonamides is 1. The number of ether oxygens (including phenoxy) is 2. The third-order valence-electron chi connectivity index (χ3n) is 4.66. The zero-order chi connectivity index (χ0) is 27.6. The van der Waals surface area contributed by atoms with E-state index in [1.54, 1.807) is 45.2 Å². The van der Waals surface area contributed by atoms with Crippen molar-refractivity contribution in [3.63, 3.8) is 0 Å². The van der Waals surface area contributed by atoms with E-state index in [0.717, 1.165) is 17.4 Å². The van der Waals surface area contributed by atoms with Gasteiger partial charge in [0.25, 0.3) is 10.0 Å². The van der Waals surface area contributed by atoms with E-state index < -0.39 is 31.3 Å². The Kier molecular flexibility index (Phi) is 8.95. The number of thioether (sulfide) groups is 1. The van der Waals surface area contributed by atoms with Gasteiger partial charge in [-0.1, -0.05) is 31.8 Å². The minimum absolute atomic E-state index is 0.0244. The smallest absolute Gasteiger partial charge is 0.338 e. The largest absolute Gasteiger partial charge is 0.480 e. The Hall–Kier alpha value is -2.19. The van der Waals surface area contributed by atoms with Gasteiger partial charge < -0.3 is 9.47 Å². The molecule has 0 bridgehead atoms. The monoisotopic (exact) mass is 644 g/mol. The molecule has 37 heavy (non-hydrogen) atoms. The number of nitrogens with zero attached hydrogens (tertiary/aromatic N) is 1. The number of halogens is 1. The molecule has 0 spiro atoms. The lowest BCUT2D eigenvalue weighted by Gasteiger charge is -2.19. The van der Waals surface area contributed by atoms with Crippen LogP contribution in [0.2, 0.25) is 0 Å². The zero-order valence-electron chi connectivity index (χ0n) is 20.6. The molecule has 1 heterocycles. The number of methoxy groups -OCH3 is 1. The van der Waals surface area contributed by atoms with Gasteiger partial charge in [0.15, 0.2) is 0 Å². The zero-order valence-corrected chi connectivity index (χ0v) is 25.5. The Morgan fingerprint density at radius 3 is 2.30 bits per heavy atom. The summed E-state index contributed by atoms with van der Waals surface area (Å²) in [6.07, 6.45) is 1.76. The molecule has 198 valence electrons. The third kappa shape index (κ3) is 6.82. The number of rotatable bonds is 7. The van der Waals surface area contributed by atoms with Crippen molar-refractivity contribution in [2.24, 2.45) is 3.77 Å². The van der Waals surface area contributed by atoms with Crippen LogP contribution in [0.4, 0.5) is 0 Å². The molecule has 0 aliphatic rings. The number of hydrogen-bond acceptors (Lipinski definition) is 9. The van der Waals surface area contributed by atoms with E-state index in [4.69, 9.17) is 14.9 Å². The predicted octanol–water partition coefficient (Wildman–Crippen LogP) is 6.43. The molecule has 0 saturated carbocycles. The van der Waals surface area contributed by atoms with E-state index in [1.807, 2.05) is 0 Å². The van der Waals surface area contributed by atoms with Crippen molar-refractivity contribution in [3.8, 4) is 0 Å². The average molecular weight is 646 g/mol. The van der Waals surface area contributed by atoms with Crippen LogP contribution in [0.1, 0.15) is 36.0 Å².